The fourth-order valence-electron chi connectivity index (χ4n) is 2.25. The fraction of sp³-hybridized carbons (Fsp3) is 0.133. The summed E-state index contributed by atoms with van der Waals surface area (Å²) in [6.45, 7) is 1.76. The molecule has 1 atom stereocenters. The maximum atomic E-state index is 13.4. The van der Waals surface area contributed by atoms with E-state index in [9.17, 15) is 14.3 Å². The number of H-pyrrole nitrogens is 1. The Bertz CT molecular complexity index is 814. The summed E-state index contributed by atoms with van der Waals surface area (Å²) in [4.78, 5) is 13.6. The maximum absolute atomic E-state index is 13.4. The van der Waals surface area contributed by atoms with Crippen molar-refractivity contribution in [2.45, 2.75) is 13.0 Å². The number of halogens is 1. The van der Waals surface area contributed by atoms with Crippen LogP contribution in [0.4, 0.5) is 4.39 Å². The van der Waals surface area contributed by atoms with Crippen molar-refractivity contribution < 1.29 is 13.9 Å². The Balaban J connectivity index is 2.06. The van der Waals surface area contributed by atoms with Gasteiger partial charge < -0.3 is 9.52 Å². The number of rotatable bonds is 2. The average molecular weight is 273 g/mol. The third-order valence-corrected chi connectivity index (χ3v) is 3.14. The second-order valence-corrected chi connectivity index (χ2v) is 4.73. The van der Waals surface area contributed by atoms with E-state index in [1.807, 2.05) is 0 Å². The van der Waals surface area contributed by atoms with Crippen LogP contribution >= 0.6 is 0 Å². The topological polar surface area (TPSA) is 66.2 Å². The SMILES string of the molecule is Cc1cc(F)cc(C(O)c2ccc3[nH]c(=O)oc3c2)c1. The van der Waals surface area contributed by atoms with E-state index in [2.05, 4.69) is 4.98 Å². The van der Waals surface area contributed by atoms with Gasteiger partial charge in [-0.3, -0.25) is 4.98 Å². The molecule has 0 radical (unpaired) electrons. The average Bonchev–Trinajstić information content (AvgIpc) is 2.75. The van der Waals surface area contributed by atoms with Gasteiger partial charge in [0.25, 0.3) is 0 Å². The number of aliphatic hydroxyl groups excluding tert-OH is 1. The van der Waals surface area contributed by atoms with Crippen LogP contribution in [0.5, 0.6) is 0 Å². The summed E-state index contributed by atoms with van der Waals surface area (Å²) in [5, 5.41) is 10.3. The van der Waals surface area contributed by atoms with E-state index in [0.29, 0.717) is 22.2 Å². The molecule has 2 aromatic carbocycles. The van der Waals surface area contributed by atoms with Crippen LogP contribution in [-0.2, 0) is 0 Å². The van der Waals surface area contributed by atoms with Gasteiger partial charge in [0.2, 0.25) is 0 Å². The largest absolute Gasteiger partial charge is 0.417 e. The lowest BCUT2D eigenvalue weighted by Crippen LogP contribution is -2.00. The molecule has 5 heteroatoms. The van der Waals surface area contributed by atoms with Gasteiger partial charge in [0, 0.05) is 0 Å². The maximum Gasteiger partial charge on any atom is 0.417 e. The van der Waals surface area contributed by atoms with E-state index in [0.717, 1.165) is 5.56 Å². The van der Waals surface area contributed by atoms with Gasteiger partial charge in [-0.2, -0.15) is 0 Å². The molecule has 0 aliphatic heterocycles. The lowest BCUT2D eigenvalue weighted by Gasteiger charge is -2.12. The van der Waals surface area contributed by atoms with E-state index < -0.39 is 17.7 Å². The van der Waals surface area contributed by atoms with Crippen LogP contribution in [0.15, 0.2) is 45.6 Å². The zero-order chi connectivity index (χ0) is 14.3. The van der Waals surface area contributed by atoms with Gasteiger partial charge in [0.1, 0.15) is 11.9 Å². The molecule has 0 amide bonds. The van der Waals surface area contributed by atoms with Gasteiger partial charge in [-0.1, -0.05) is 12.1 Å². The molecular weight excluding hydrogens is 261 g/mol. The van der Waals surface area contributed by atoms with E-state index in [1.54, 1.807) is 31.2 Å². The lowest BCUT2D eigenvalue weighted by atomic mass is 9.99. The number of oxazole rings is 1. The van der Waals surface area contributed by atoms with Crippen LogP contribution in [0.3, 0.4) is 0 Å². The first kappa shape index (κ1) is 12.6. The third-order valence-electron chi connectivity index (χ3n) is 3.14. The first-order chi connectivity index (χ1) is 9.52. The highest BCUT2D eigenvalue weighted by molar-refractivity contribution is 5.73. The van der Waals surface area contributed by atoms with Gasteiger partial charge in [0.05, 0.1) is 5.52 Å². The molecule has 2 N–H and O–H groups in total. The molecule has 0 fully saturated rings. The molecule has 102 valence electrons. The van der Waals surface area contributed by atoms with Crippen molar-refractivity contribution >= 4 is 11.1 Å². The Hall–Kier alpha value is -2.40. The molecule has 0 bridgehead atoms. The summed E-state index contributed by atoms with van der Waals surface area (Å²) >= 11 is 0. The molecule has 4 nitrogen and oxygen atoms in total. The van der Waals surface area contributed by atoms with Crippen molar-refractivity contribution in [2.75, 3.05) is 0 Å². The minimum Gasteiger partial charge on any atom is -0.408 e. The zero-order valence-corrected chi connectivity index (χ0v) is 10.7. The van der Waals surface area contributed by atoms with Gasteiger partial charge in [0.15, 0.2) is 5.58 Å². The summed E-state index contributed by atoms with van der Waals surface area (Å²) in [6.07, 6.45) is -0.978. The molecule has 0 saturated carbocycles. The molecule has 3 aromatic rings. The van der Waals surface area contributed by atoms with Crippen molar-refractivity contribution in [3.63, 3.8) is 0 Å². The number of aromatic amines is 1. The molecule has 0 aliphatic rings. The summed E-state index contributed by atoms with van der Waals surface area (Å²) in [5.41, 5.74) is 2.64. The number of nitrogens with one attached hydrogen (secondary N) is 1. The van der Waals surface area contributed by atoms with Crippen molar-refractivity contribution in [3.8, 4) is 0 Å². The van der Waals surface area contributed by atoms with Crippen LogP contribution in [-0.4, -0.2) is 10.1 Å². The van der Waals surface area contributed by atoms with Crippen molar-refractivity contribution in [1.82, 2.24) is 4.98 Å². The number of aryl methyl sites for hydroxylation is 1. The Labute approximate surface area is 113 Å². The Morgan fingerprint density at radius 1 is 1.20 bits per heavy atom. The van der Waals surface area contributed by atoms with E-state index in [1.165, 1.54) is 12.1 Å². The van der Waals surface area contributed by atoms with E-state index in [-0.39, 0.29) is 0 Å². The minimum absolute atomic E-state index is 0.361. The molecule has 3 rings (SSSR count). The molecule has 0 saturated heterocycles. The predicted octanol–water partition coefficient (Wildman–Crippen LogP) is 2.65. The number of hydrogen-bond donors (Lipinski definition) is 2. The highest BCUT2D eigenvalue weighted by atomic mass is 19.1. The van der Waals surface area contributed by atoms with Gasteiger partial charge in [-0.05, 0) is 47.9 Å². The van der Waals surface area contributed by atoms with Crippen LogP contribution < -0.4 is 5.76 Å². The van der Waals surface area contributed by atoms with Crippen molar-refractivity contribution in [2.24, 2.45) is 0 Å². The minimum atomic E-state index is -0.978. The summed E-state index contributed by atoms with van der Waals surface area (Å²) in [5.74, 6) is -0.943. The smallest absolute Gasteiger partial charge is 0.408 e. The molecular formula is C15H12FNO3. The van der Waals surface area contributed by atoms with Gasteiger partial charge in [-0.15, -0.1) is 0 Å². The highest BCUT2D eigenvalue weighted by Gasteiger charge is 2.13. The second kappa shape index (κ2) is 4.61. The second-order valence-electron chi connectivity index (χ2n) is 4.73. The van der Waals surface area contributed by atoms with Crippen LogP contribution in [0.1, 0.15) is 22.8 Å². The monoisotopic (exact) mass is 273 g/mol. The standard InChI is InChI=1S/C15H12FNO3/c1-8-4-10(6-11(16)5-8)14(18)9-2-3-12-13(7-9)20-15(19)17-12/h2-7,14,18H,1H3,(H,17,19). The van der Waals surface area contributed by atoms with Crippen molar-refractivity contribution in [1.29, 1.82) is 0 Å². The molecule has 20 heavy (non-hydrogen) atoms. The Morgan fingerprint density at radius 3 is 2.75 bits per heavy atom. The third kappa shape index (κ3) is 2.23. The first-order valence-electron chi connectivity index (χ1n) is 6.11. The summed E-state index contributed by atoms with van der Waals surface area (Å²) in [7, 11) is 0. The highest BCUT2D eigenvalue weighted by Crippen LogP contribution is 2.25. The quantitative estimate of drug-likeness (QED) is 0.754. The first-order valence-corrected chi connectivity index (χ1v) is 6.11. The molecule has 1 unspecified atom stereocenters. The number of aromatic nitrogens is 1. The van der Waals surface area contributed by atoms with E-state index in [4.69, 9.17) is 4.42 Å². The van der Waals surface area contributed by atoms with Crippen LogP contribution in [0.25, 0.3) is 11.1 Å². The Morgan fingerprint density at radius 2 is 2.00 bits per heavy atom. The van der Waals surface area contributed by atoms with Gasteiger partial charge in [-0.25, -0.2) is 9.18 Å². The number of hydrogen-bond acceptors (Lipinski definition) is 3. The molecule has 0 spiro atoms. The lowest BCUT2D eigenvalue weighted by molar-refractivity contribution is 0.219. The fourth-order valence-corrected chi connectivity index (χ4v) is 2.25. The molecule has 1 heterocycles. The molecule has 1 aromatic heterocycles. The van der Waals surface area contributed by atoms with Gasteiger partial charge >= 0.3 is 5.76 Å². The normalized spacial score (nSPS) is 12.8. The Kier molecular flexibility index (Phi) is 2.91. The number of fused-ring (bicyclic) bond motifs is 1. The zero-order valence-electron chi connectivity index (χ0n) is 10.7. The van der Waals surface area contributed by atoms with Crippen LogP contribution in [0, 0.1) is 12.7 Å². The number of aliphatic hydroxyl groups is 1. The summed E-state index contributed by atoms with van der Waals surface area (Å²) < 4.78 is 18.3. The van der Waals surface area contributed by atoms with E-state index >= 15 is 0 Å². The van der Waals surface area contributed by atoms with Crippen LogP contribution in [0.2, 0.25) is 0 Å². The summed E-state index contributed by atoms with van der Waals surface area (Å²) in [6, 6.07) is 9.27. The number of benzene rings is 2. The predicted molar refractivity (Wildman–Crippen MR) is 72.0 cm³/mol. The molecule has 0 aliphatic carbocycles. The van der Waals surface area contributed by atoms with Crippen molar-refractivity contribution in [3.05, 3.63) is 69.5 Å².